The van der Waals surface area contributed by atoms with Gasteiger partial charge in [-0.2, -0.15) is 0 Å². The van der Waals surface area contributed by atoms with Crippen LogP contribution in [0.4, 0.5) is 8.78 Å². The van der Waals surface area contributed by atoms with Gasteiger partial charge in [-0.05, 0) is 44.0 Å². The Bertz CT molecular complexity index is 491. The van der Waals surface area contributed by atoms with Gasteiger partial charge in [0.2, 0.25) is 0 Å². The Morgan fingerprint density at radius 2 is 1.95 bits per heavy atom. The van der Waals surface area contributed by atoms with Crippen LogP contribution in [0.5, 0.6) is 11.5 Å². The van der Waals surface area contributed by atoms with Crippen molar-refractivity contribution < 1.29 is 18.3 Å². The Morgan fingerprint density at radius 1 is 1.25 bits per heavy atom. The summed E-state index contributed by atoms with van der Waals surface area (Å²) in [4.78, 5) is 0. The SMILES string of the molecule is COc1cc(C2(C)CCCN2)cc(C(C)(F)F)c1OC. The second-order valence-electron chi connectivity index (χ2n) is 5.51. The summed E-state index contributed by atoms with van der Waals surface area (Å²) in [6, 6.07) is 3.31. The fourth-order valence-electron chi connectivity index (χ4n) is 2.75. The van der Waals surface area contributed by atoms with E-state index in [9.17, 15) is 8.78 Å². The lowest BCUT2D eigenvalue weighted by atomic mass is 9.88. The maximum absolute atomic E-state index is 13.9. The number of methoxy groups -OCH3 is 2. The molecular weight excluding hydrogens is 264 g/mol. The van der Waals surface area contributed by atoms with Crippen LogP contribution in [0.3, 0.4) is 0 Å². The van der Waals surface area contributed by atoms with Gasteiger partial charge in [-0.25, -0.2) is 8.78 Å². The lowest BCUT2D eigenvalue weighted by Crippen LogP contribution is -2.33. The van der Waals surface area contributed by atoms with Crippen LogP contribution in [0, 0.1) is 0 Å². The van der Waals surface area contributed by atoms with Crippen molar-refractivity contribution in [3.05, 3.63) is 23.3 Å². The number of alkyl halides is 2. The second kappa shape index (κ2) is 5.20. The van der Waals surface area contributed by atoms with Gasteiger partial charge in [0.15, 0.2) is 11.5 Å². The van der Waals surface area contributed by atoms with Gasteiger partial charge < -0.3 is 14.8 Å². The van der Waals surface area contributed by atoms with E-state index < -0.39 is 5.92 Å². The van der Waals surface area contributed by atoms with Gasteiger partial charge in [0.25, 0.3) is 5.92 Å². The molecule has 20 heavy (non-hydrogen) atoms. The van der Waals surface area contributed by atoms with Crippen molar-refractivity contribution in [2.45, 2.75) is 38.2 Å². The van der Waals surface area contributed by atoms with Crippen molar-refractivity contribution in [2.75, 3.05) is 20.8 Å². The predicted octanol–water partition coefficient (Wildman–Crippen LogP) is 3.41. The molecule has 0 saturated carbocycles. The molecule has 1 N–H and O–H groups in total. The van der Waals surface area contributed by atoms with E-state index in [-0.39, 0.29) is 16.9 Å². The van der Waals surface area contributed by atoms with Crippen molar-refractivity contribution in [3.63, 3.8) is 0 Å². The highest BCUT2D eigenvalue weighted by molar-refractivity contribution is 5.52. The summed E-state index contributed by atoms with van der Waals surface area (Å²) in [6.45, 7) is 3.79. The Balaban J connectivity index is 2.61. The highest BCUT2D eigenvalue weighted by Gasteiger charge is 2.36. The number of hydrogen-bond donors (Lipinski definition) is 1. The van der Waals surface area contributed by atoms with E-state index in [1.165, 1.54) is 20.3 Å². The molecule has 0 amide bonds. The standard InChI is InChI=1S/C15H21F2NO2/c1-14(6-5-7-18-14)10-8-11(15(2,16)17)13(20-4)12(9-10)19-3/h8-9,18H,5-7H2,1-4H3. The third-order valence-corrected chi connectivity index (χ3v) is 3.96. The van der Waals surface area contributed by atoms with Crippen LogP contribution >= 0.6 is 0 Å². The van der Waals surface area contributed by atoms with Crippen LogP contribution in [-0.2, 0) is 11.5 Å². The van der Waals surface area contributed by atoms with Gasteiger partial charge in [-0.1, -0.05) is 0 Å². The molecule has 1 aromatic carbocycles. The third kappa shape index (κ3) is 2.59. The number of ether oxygens (including phenoxy) is 2. The van der Waals surface area contributed by atoms with E-state index in [0.29, 0.717) is 5.75 Å². The van der Waals surface area contributed by atoms with Crippen LogP contribution in [0.1, 0.15) is 37.8 Å². The second-order valence-corrected chi connectivity index (χ2v) is 5.51. The van der Waals surface area contributed by atoms with E-state index in [2.05, 4.69) is 5.32 Å². The molecule has 3 nitrogen and oxygen atoms in total. The minimum atomic E-state index is -2.98. The van der Waals surface area contributed by atoms with Crippen molar-refractivity contribution in [1.82, 2.24) is 5.32 Å². The van der Waals surface area contributed by atoms with Crippen molar-refractivity contribution >= 4 is 0 Å². The minimum absolute atomic E-state index is 0.102. The number of nitrogens with one attached hydrogen (secondary N) is 1. The van der Waals surface area contributed by atoms with E-state index in [1.807, 2.05) is 6.92 Å². The van der Waals surface area contributed by atoms with E-state index >= 15 is 0 Å². The molecule has 0 spiro atoms. The predicted molar refractivity (Wildman–Crippen MR) is 73.7 cm³/mol. The number of rotatable bonds is 4. The fraction of sp³-hybridized carbons (Fsp3) is 0.600. The summed E-state index contributed by atoms with van der Waals surface area (Å²) in [5.41, 5.74) is 0.382. The molecule has 1 atom stereocenters. The molecule has 1 aliphatic rings. The van der Waals surface area contributed by atoms with Crippen LogP contribution in [-0.4, -0.2) is 20.8 Å². The Kier molecular flexibility index (Phi) is 3.91. The number of halogens is 2. The first-order valence-electron chi connectivity index (χ1n) is 6.71. The fourth-order valence-corrected chi connectivity index (χ4v) is 2.75. The molecule has 112 valence electrons. The molecule has 0 radical (unpaired) electrons. The zero-order valence-electron chi connectivity index (χ0n) is 12.3. The molecular formula is C15H21F2NO2. The van der Waals surface area contributed by atoms with E-state index in [1.54, 1.807) is 6.07 Å². The van der Waals surface area contributed by atoms with Crippen LogP contribution in [0.15, 0.2) is 12.1 Å². The summed E-state index contributed by atoms with van der Waals surface area (Å²) in [5.74, 6) is -2.54. The van der Waals surface area contributed by atoms with Crippen molar-refractivity contribution in [2.24, 2.45) is 0 Å². The maximum atomic E-state index is 13.9. The summed E-state index contributed by atoms with van der Waals surface area (Å²) in [7, 11) is 2.84. The summed E-state index contributed by atoms with van der Waals surface area (Å²) < 4.78 is 38.1. The third-order valence-electron chi connectivity index (χ3n) is 3.96. The Labute approximate surface area is 118 Å². The van der Waals surface area contributed by atoms with Crippen molar-refractivity contribution in [1.29, 1.82) is 0 Å². The zero-order chi connectivity index (χ0) is 15.0. The topological polar surface area (TPSA) is 30.5 Å². The van der Waals surface area contributed by atoms with Gasteiger partial charge in [0.1, 0.15) is 0 Å². The van der Waals surface area contributed by atoms with Crippen LogP contribution in [0.25, 0.3) is 0 Å². The quantitative estimate of drug-likeness (QED) is 0.919. The molecule has 1 heterocycles. The molecule has 0 bridgehead atoms. The average Bonchev–Trinajstić information content (AvgIpc) is 2.84. The normalized spacial score (nSPS) is 22.9. The lowest BCUT2D eigenvalue weighted by molar-refractivity contribution is 0.0145. The van der Waals surface area contributed by atoms with Gasteiger partial charge in [0.05, 0.1) is 19.8 Å². The lowest BCUT2D eigenvalue weighted by Gasteiger charge is -2.28. The first-order chi connectivity index (χ1) is 9.31. The molecule has 5 heteroatoms. The summed E-state index contributed by atoms with van der Waals surface area (Å²) >= 11 is 0. The molecule has 1 saturated heterocycles. The van der Waals surface area contributed by atoms with E-state index in [4.69, 9.17) is 9.47 Å². The zero-order valence-corrected chi connectivity index (χ0v) is 12.3. The van der Waals surface area contributed by atoms with Crippen LogP contribution in [0.2, 0.25) is 0 Å². The Morgan fingerprint density at radius 3 is 2.40 bits per heavy atom. The van der Waals surface area contributed by atoms with Gasteiger partial charge >= 0.3 is 0 Å². The molecule has 1 aliphatic heterocycles. The largest absolute Gasteiger partial charge is 0.493 e. The minimum Gasteiger partial charge on any atom is -0.493 e. The summed E-state index contributed by atoms with van der Waals surface area (Å²) in [5, 5.41) is 3.38. The molecule has 1 unspecified atom stereocenters. The molecule has 1 aromatic rings. The first-order valence-corrected chi connectivity index (χ1v) is 6.71. The highest BCUT2D eigenvalue weighted by atomic mass is 19.3. The maximum Gasteiger partial charge on any atom is 0.274 e. The smallest absolute Gasteiger partial charge is 0.274 e. The Hall–Kier alpha value is -1.36. The van der Waals surface area contributed by atoms with Crippen LogP contribution < -0.4 is 14.8 Å². The monoisotopic (exact) mass is 285 g/mol. The number of hydrogen-bond acceptors (Lipinski definition) is 3. The van der Waals surface area contributed by atoms with E-state index in [0.717, 1.165) is 31.9 Å². The highest BCUT2D eigenvalue weighted by Crippen LogP contribution is 2.44. The van der Waals surface area contributed by atoms with Crippen molar-refractivity contribution in [3.8, 4) is 11.5 Å². The molecule has 1 fully saturated rings. The first kappa shape index (κ1) is 15.0. The molecule has 0 aromatic heterocycles. The van der Waals surface area contributed by atoms with Gasteiger partial charge in [0, 0.05) is 12.5 Å². The summed E-state index contributed by atoms with van der Waals surface area (Å²) in [6.07, 6.45) is 1.94. The van der Waals surface area contributed by atoms with Gasteiger partial charge in [-0.3, -0.25) is 0 Å². The molecule has 0 aliphatic carbocycles. The number of benzene rings is 1. The van der Waals surface area contributed by atoms with Gasteiger partial charge in [-0.15, -0.1) is 0 Å². The average molecular weight is 285 g/mol. The molecule has 2 rings (SSSR count).